The number of hydrogen-bond acceptors (Lipinski definition) is 5. The third-order valence-electron chi connectivity index (χ3n) is 4.59. The lowest BCUT2D eigenvalue weighted by atomic mass is 10.2. The molecule has 3 aromatic rings. The number of aromatic nitrogens is 1. The average molecular weight is 394 g/mol. The van der Waals surface area contributed by atoms with E-state index in [-0.39, 0.29) is 6.67 Å². The van der Waals surface area contributed by atoms with Crippen molar-refractivity contribution in [2.45, 2.75) is 12.3 Å². The summed E-state index contributed by atoms with van der Waals surface area (Å²) in [6.07, 6.45) is -4.95. The molecule has 2 aromatic carbocycles. The summed E-state index contributed by atoms with van der Waals surface area (Å²) in [4.78, 5) is 6.39. The SMILES string of the molecule is CN1CC(Nc2ccc(C(F)(F)F)cc2)[N+]([O-])(c2nc3ccccc3s2)C1. The first-order valence-electron chi connectivity index (χ1n) is 8.33. The van der Waals surface area contributed by atoms with E-state index >= 15 is 0 Å². The molecule has 0 bridgehead atoms. The number of halogens is 3. The summed E-state index contributed by atoms with van der Waals surface area (Å²) in [6.45, 7) is 0.679. The van der Waals surface area contributed by atoms with Gasteiger partial charge in [0, 0.05) is 5.69 Å². The number of nitrogens with one attached hydrogen (secondary N) is 1. The Balaban J connectivity index is 1.62. The second-order valence-electron chi connectivity index (χ2n) is 6.68. The maximum Gasteiger partial charge on any atom is 0.416 e. The Bertz CT molecular complexity index is 926. The van der Waals surface area contributed by atoms with Crippen LogP contribution in [0.15, 0.2) is 48.5 Å². The van der Waals surface area contributed by atoms with Crippen LogP contribution in [0.2, 0.25) is 0 Å². The van der Waals surface area contributed by atoms with Crippen LogP contribution in [0.25, 0.3) is 10.2 Å². The highest BCUT2D eigenvalue weighted by atomic mass is 32.1. The normalized spacial score (nSPS) is 23.8. The second-order valence-corrected chi connectivity index (χ2v) is 7.68. The van der Waals surface area contributed by atoms with E-state index in [4.69, 9.17) is 0 Å². The van der Waals surface area contributed by atoms with E-state index in [1.54, 1.807) is 0 Å². The number of quaternary nitrogens is 1. The topological polar surface area (TPSA) is 51.2 Å². The Morgan fingerprint density at radius 1 is 1.19 bits per heavy atom. The van der Waals surface area contributed by atoms with Gasteiger partial charge in [-0.1, -0.05) is 23.5 Å². The van der Waals surface area contributed by atoms with Gasteiger partial charge in [-0.3, -0.25) is 9.55 Å². The van der Waals surface area contributed by atoms with Gasteiger partial charge in [0.25, 0.3) is 5.13 Å². The number of hydroxylamine groups is 2. The van der Waals surface area contributed by atoms with Gasteiger partial charge in [-0.2, -0.15) is 18.2 Å². The molecule has 0 saturated carbocycles. The molecule has 1 N–H and O–H groups in total. The minimum atomic E-state index is -4.38. The number of anilines is 1. The highest BCUT2D eigenvalue weighted by molar-refractivity contribution is 7.22. The van der Waals surface area contributed by atoms with Gasteiger partial charge in [-0.05, 0) is 43.4 Å². The molecule has 1 saturated heterocycles. The Morgan fingerprint density at radius 2 is 1.89 bits per heavy atom. The Labute approximate surface area is 157 Å². The van der Waals surface area contributed by atoms with Crippen LogP contribution >= 0.6 is 11.3 Å². The summed E-state index contributed by atoms with van der Waals surface area (Å²) in [5, 5.41) is 17.2. The molecule has 2 heterocycles. The summed E-state index contributed by atoms with van der Waals surface area (Å²) < 4.78 is 38.5. The van der Waals surface area contributed by atoms with Crippen molar-refractivity contribution in [2.75, 3.05) is 25.6 Å². The van der Waals surface area contributed by atoms with Crippen LogP contribution in [-0.2, 0) is 6.18 Å². The number of nitrogens with zero attached hydrogens (tertiary/aromatic N) is 3. The minimum absolute atomic E-state index is 0.220. The predicted octanol–water partition coefficient (Wildman–Crippen LogP) is 4.46. The first-order valence-corrected chi connectivity index (χ1v) is 9.14. The standard InChI is InChI=1S/C18H17F3N4OS/c1-24-10-16(22-13-8-6-12(7-9-13)18(19,20)21)25(26,11-24)17-23-14-4-2-3-5-15(14)27-17/h2-9,16,22H,10-11H2,1H3. The van der Waals surface area contributed by atoms with Crippen LogP contribution in [0.3, 0.4) is 0 Å². The van der Waals surface area contributed by atoms with Crippen molar-refractivity contribution in [3.8, 4) is 0 Å². The summed E-state index contributed by atoms with van der Waals surface area (Å²) in [6, 6.07) is 12.3. The minimum Gasteiger partial charge on any atom is -0.623 e. The van der Waals surface area contributed by atoms with Gasteiger partial charge in [-0.25, -0.2) is 0 Å². The molecule has 1 fully saturated rings. The van der Waals surface area contributed by atoms with E-state index in [1.165, 1.54) is 23.5 Å². The fourth-order valence-electron chi connectivity index (χ4n) is 3.26. The number of benzene rings is 2. The lowest BCUT2D eigenvalue weighted by Crippen LogP contribution is -2.52. The van der Waals surface area contributed by atoms with Gasteiger partial charge in [-0.15, -0.1) is 0 Å². The molecule has 0 aliphatic carbocycles. The molecule has 27 heavy (non-hydrogen) atoms. The van der Waals surface area contributed by atoms with Crippen LogP contribution in [0.5, 0.6) is 0 Å². The fraction of sp³-hybridized carbons (Fsp3) is 0.278. The molecule has 1 aliphatic rings. The smallest absolute Gasteiger partial charge is 0.416 e. The van der Waals surface area contributed by atoms with Gasteiger partial charge < -0.3 is 10.5 Å². The first kappa shape index (κ1) is 18.2. The molecule has 2 unspecified atom stereocenters. The largest absolute Gasteiger partial charge is 0.623 e. The second kappa shape index (κ2) is 6.45. The molecule has 1 aliphatic heterocycles. The third kappa shape index (κ3) is 3.39. The molecule has 4 rings (SSSR count). The molecule has 0 spiro atoms. The number of hydrogen-bond donors (Lipinski definition) is 1. The molecule has 9 heteroatoms. The Kier molecular flexibility index (Phi) is 4.34. The van der Waals surface area contributed by atoms with Gasteiger partial charge in [0.05, 0.1) is 22.3 Å². The van der Waals surface area contributed by atoms with Gasteiger partial charge >= 0.3 is 6.18 Å². The van der Waals surface area contributed by atoms with Gasteiger partial charge in [0.1, 0.15) is 6.67 Å². The van der Waals surface area contributed by atoms with Gasteiger partial charge in [0.15, 0.2) is 6.17 Å². The Morgan fingerprint density at radius 3 is 2.56 bits per heavy atom. The molecule has 142 valence electrons. The molecule has 0 amide bonds. The predicted molar refractivity (Wildman–Crippen MR) is 101 cm³/mol. The number of likely N-dealkylation sites (N-methyl/N-ethyl adjacent to an activating group) is 1. The number of para-hydroxylation sites is 1. The molecule has 0 radical (unpaired) electrons. The maximum absolute atomic E-state index is 13.6. The summed E-state index contributed by atoms with van der Waals surface area (Å²) in [5.74, 6) is 0. The number of thiazole rings is 1. The van der Waals surface area contributed by atoms with Crippen molar-refractivity contribution in [3.63, 3.8) is 0 Å². The van der Waals surface area contributed by atoms with Crippen LogP contribution in [0.1, 0.15) is 5.56 Å². The monoisotopic (exact) mass is 394 g/mol. The zero-order chi connectivity index (χ0) is 19.2. The average Bonchev–Trinajstić information content (AvgIpc) is 3.16. The third-order valence-corrected chi connectivity index (χ3v) is 5.74. The molecule has 5 nitrogen and oxygen atoms in total. The first-order chi connectivity index (χ1) is 12.8. The van der Waals surface area contributed by atoms with Crippen molar-refractivity contribution in [1.82, 2.24) is 14.5 Å². The van der Waals surface area contributed by atoms with Crippen molar-refractivity contribution >= 4 is 32.4 Å². The molecular formula is C18H17F3N4OS. The number of alkyl halides is 3. The Hall–Kier alpha value is -2.20. The molecule has 2 atom stereocenters. The number of rotatable bonds is 3. The van der Waals surface area contributed by atoms with E-state index in [9.17, 15) is 18.4 Å². The maximum atomic E-state index is 13.6. The quantitative estimate of drug-likeness (QED) is 0.526. The summed E-state index contributed by atoms with van der Waals surface area (Å²) in [5.41, 5.74) is 0.530. The van der Waals surface area contributed by atoms with Crippen molar-refractivity contribution < 1.29 is 13.2 Å². The highest BCUT2D eigenvalue weighted by Crippen LogP contribution is 2.37. The lowest BCUT2D eigenvalue weighted by Gasteiger charge is -2.40. The summed E-state index contributed by atoms with van der Waals surface area (Å²) >= 11 is 1.35. The van der Waals surface area contributed by atoms with E-state index < -0.39 is 22.6 Å². The van der Waals surface area contributed by atoms with E-state index in [0.29, 0.717) is 17.4 Å². The van der Waals surface area contributed by atoms with Crippen LogP contribution in [0.4, 0.5) is 24.0 Å². The van der Waals surface area contributed by atoms with Crippen LogP contribution < -0.4 is 9.96 Å². The van der Waals surface area contributed by atoms with Crippen LogP contribution in [-0.4, -0.2) is 36.3 Å². The highest BCUT2D eigenvalue weighted by Gasteiger charge is 2.42. The van der Waals surface area contributed by atoms with Crippen LogP contribution in [0, 0.1) is 5.21 Å². The van der Waals surface area contributed by atoms with E-state index in [1.807, 2.05) is 36.2 Å². The zero-order valence-corrected chi connectivity index (χ0v) is 15.2. The fourth-order valence-corrected chi connectivity index (χ4v) is 4.30. The van der Waals surface area contributed by atoms with Crippen molar-refractivity contribution in [1.29, 1.82) is 0 Å². The molecular weight excluding hydrogens is 377 g/mol. The lowest BCUT2D eigenvalue weighted by molar-refractivity contribution is -0.137. The molecule has 1 aromatic heterocycles. The van der Waals surface area contributed by atoms with Gasteiger partial charge in [0.2, 0.25) is 0 Å². The summed E-state index contributed by atoms with van der Waals surface area (Å²) in [7, 11) is 1.84. The van der Waals surface area contributed by atoms with E-state index in [2.05, 4.69) is 10.3 Å². The number of fused-ring (bicyclic) bond motifs is 1. The van der Waals surface area contributed by atoms with E-state index in [0.717, 1.165) is 22.3 Å². The van der Waals surface area contributed by atoms with Crippen molar-refractivity contribution in [2.24, 2.45) is 0 Å². The van der Waals surface area contributed by atoms with Crippen molar-refractivity contribution in [3.05, 3.63) is 59.3 Å². The zero-order valence-electron chi connectivity index (χ0n) is 14.4.